The average Bonchev–Trinajstić information content (AvgIpc) is 3.02. The summed E-state index contributed by atoms with van der Waals surface area (Å²) in [5.74, 6) is 0. The van der Waals surface area contributed by atoms with Crippen molar-refractivity contribution in [2.24, 2.45) is 0 Å². The minimum atomic E-state index is 0.995. The first-order chi connectivity index (χ1) is 13.6. The topological polar surface area (TPSA) is 30.2 Å². The molecule has 6 aromatic rings. The fourth-order valence-corrected chi connectivity index (χ4v) is 4.54. The summed E-state index contributed by atoms with van der Waals surface area (Å²) in [4.78, 5) is 10.0. The van der Waals surface area contributed by atoms with Crippen molar-refractivity contribution >= 4 is 49.1 Å². The van der Waals surface area contributed by atoms with Crippen LogP contribution in [-0.4, -0.2) is 14.4 Å². The van der Waals surface area contributed by atoms with Crippen LogP contribution in [0.3, 0.4) is 0 Å². The minimum absolute atomic E-state index is 0.995. The van der Waals surface area contributed by atoms with Gasteiger partial charge in [0.1, 0.15) is 5.65 Å². The third kappa shape index (κ3) is 1.88. The SMILES string of the molecule is Cc1nc2c3cc4ccccc4nc3c3cc4ccccc4c(C)c3n2c1C. The molecule has 0 unspecified atom stereocenters. The van der Waals surface area contributed by atoms with Gasteiger partial charge >= 0.3 is 0 Å². The highest BCUT2D eigenvalue weighted by molar-refractivity contribution is 6.17. The number of rotatable bonds is 0. The van der Waals surface area contributed by atoms with Crippen molar-refractivity contribution in [3.8, 4) is 0 Å². The van der Waals surface area contributed by atoms with Crippen molar-refractivity contribution in [3.63, 3.8) is 0 Å². The molecule has 28 heavy (non-hydrogen) atoms. The molecule has 3 nitrogen and oxygen atoms in total. The molecule has 0 aliphatic heterocycles. The summed E-state index contributed by atoms with van der Waals surface area (Å²) in [6, 6.07) is 21.4. The lowest BCUT2D eigenvalue weighted by molar-refractivity contribution is 1.14. The van der Waals surface area contributed by atoms with E-state index in [1.165, 1.54) is 32.9 Å². The summed E-state index contributed by atoms with van der Waals surface area (Å²) >= 11 is 0. The maximum atomic E-state index is 5.09. The summed E-state index contributed by atoms with van der Waals surface area (Å²) < 4.78 is 2.32. The molecule has 0 spiro atoms. The zero-order valence-electron chi connectivity index (χ0n) is 16.1. The zero-order chi connectivity index (χ0) is 19.0. The quantitative estimate of drug-likeness (QED) is 0.236. The summed E-state index contributed by atoms with van der Waals surface area (Å²) in [6.45, 7) is 6.46. The Labute approximate surface area is 162 Å². The van der Waals surface area contributed by atoms with Crippen molar-refractivity contribution in [2.45, 2.75) is 20.8 Å². The Hall–Kier alpha value is -3.46. The lowest BCUT2D eigenvalue weighted by Crippen LogP contribution is -1.98. The van der Waals surface area contributed by atoms with E-state index < -0.39 is 0 Å². The molecular weight excluding hydrogens is 342 g/mol. The monoisotopic (exact) mass is 361 g/mol. The normalized spacial score (nSPS) is 12.1. The van der Waals surface area contributed by atoms with Crippen molar-refractivity contribution in [1.82, 2.24) is 14.4 Å². The second-order valence-electron chi connectivity index (χ2n) is 7.64. The second kappa shape index (κ2) is 5.29. The van der Waals surface area contributed by atoms with Crippen LogP contribution in [0, 0.1) is 20.8 Å². The lowest BCUT2D eigenvalue weighted by Gasteiger charge is -2.14. The van der Waals surface area contributed by atoms with Gasteiger partial charge in [0.05, 0.1) is 22.2 Å². The van der Waals surface area contributed by atoms with E-state index in [-0.39, 0.29) is 0 Å². The summed E-state index contributed by atoms with van der Waals surface area (Å²) in [5.41, 5.74) is 7.78. The smallest absolute Gasteiger partial charge is 0.147 e. The molecule has 0 N–H and O–H groups in total. The molecule has 3 aromatic heterocycles. The van der Waals surface area contributed by atoms with Gasteiger partial charge in [-0.3, -0.25) is 4.40 Å². The van der Waals surface area contributed by atoms with Crippen LogP contribution in [-0.2, 0) is 0 Å². The van der Waals surface area contributed by atoms with E-state index in [0.29, 0.717) is 0 Å². The Kier molecular flexibility index (Phi) is 2.95. The fourth-order valence-electron chi connectivity index (χ4n) is 4.54. The van der Waals surface area contributed by atoms with Gasteiger partial charge in [-0.1, -0.05) is 42.5 Å². The van der Waals surface area contributed by atoms with Crippen LogP contribution in [0.15, 0.2) is 60.7 Å². The molecule has 6 rings (SSSR count). The first-order valence-electron chi connectivity index (χ1n) is 9.62. The Bertz CT molecular complexity index is 1590. The highest BCUT2D eigenvalue weighted by Gasteiger charge is 2.18. The molecule has 0 amide bonds. The lowest BCUT2D eigenvalue weighted by atomic mass is 9.99. The molecule has 0 aliphatic rings. The van der Waals surface area contributed by atoms with Crippen LogP contribution in [0.4, 0.5) is 0 Å². The molecule has 0 atom stereocenters. The maximum absolute atomic E-state index is 5.09. The molecular formula is C25H19N3. The summed E-state index contributed by atoms with van der Waals surface area (Å²) in [5, 5.41) is 5.97. The Morgan fingerprint density at radius 3 is 2.29 bits per heavy atom. The minimum Gasteiger partial charge on any atom is -0.296 e. The van der Waals surface area contributed by atoms with E-state index >= 15 is 0 Å². The fraction of sp³-hybridized carbons (Fsp3) is 0.120. The highest BCUT2D eigenvalue weighted by Crippen LogP contribution is 2.36. The van der Waals surface area contributed by atoms with Gasteiger partial charge in [-0.25, -0.2) is 9.97 Å². The van der Waals surface area contributed by atoms with Gasteiger partial charge in [0.25, 0.3) is 0 Å². The number of pyridine rings is 2. The number of imidazole rings is 1. The third-order valence-electron chi connectivity index (χ3n) is 6.06. The van der Waals surface area contributed by atoms with Crippen LogP contribution in [0.5, 0.6) is 0 Å². The van der Waals surface area contributed by atoms with Crippen molar-refractivity contribution in [3.05, 3.63) is 77.6 Å². The average molecular weight is 361 g/mol. The standard InChI is InChI=1S/C25H19N3/c1-14-19-10-6-4-8-17(19)12-20-23-21(13-18-9-5-7-11-22(18)27-23)25-26-15(2)16(3)28(25)24(14)20/h4-13H,1-3H3. The van der Waals surface area contributed by atoms with Gasteiger partial charge in [0.2, 0.25) is 0 Å². The Balaban J connectivity index is 2.02. The van der Waals surface area contributed by atoms with Crippen molar-refractivity contribution in [2.75, 3.05) is 0 Å². The van der Waals surface area contributed by atoms with Crippen LogP contribution >= 0.6 is 0 Å². The summed E-state index contributed by atoms with van der Waals surface area (Å²) in [7, 11) is 0. The molecule has 3 heteroatoms. The maximum Gasteiger partial charge on any atom is 0.147 e. The predicted molar refractivity (Wildman–Crippen MR) is 117 cm³/mol. The first kappa shape index (κ1) is 15.6. The van der Waals surface area contributed by atoms with Crippen molar-refractivity contribution < 1.29 is 0 Å². The molecule has 3 heterocycles. The molecule has 0 radical (unpaired) electrons. The van der Waals surface area contributed by atoms with Crippen LogP contribution < -0.4 is 0 Å². The molecule has 134 valence electrons. The van der Waals surface area contributed by atoms with Crippen LogP contribution in [0.1, 0.15) is 17.0 Å². The van der Waals surface area contributed by atoms with E-state index in [4.69, 9.17) is 9.97 Å². The Morgan fingerprint density at radius 2 is 1.43 bits per heavy atom. The number of hydrogen-bond donors (Lipinski definition) is 0. The van der Waals surface area contributed by atoms with Crippen LogP contribution in [0.2, 0.25) is 0 Å². The predicted octanol–water partition coefficient (Wildman–Crippen LogP) is 6.27. The molecule has 0 bridgehead atoms. The number of aromatic nitrogens is 3. The summed E-state index contributed by atoms with van der Waals surface area (Å²) in [6.07, 6.45) is 0. The van der Waals surface area contributed by atoms with E-state index in [9.17, 15) is 0 Å². The first-order valence-corrected chi connectivity index (χ1v) is 9.62. The molecule has 0 fully saturated rings. The third-order valence-corrected chi connectivity index (χ3v) is 6.06. The second-order valence-corrected chi connectivity index (χ2v) is 7.64. The zero-order valence-corrected chi connectivity index (χ0v) is 16.1. The number of nitrogens with zero attached hydrogens (tertiary/aromatic N) is 3. The molecule has 0 saturated carbocycles. The van der Waals surface area contributed by atoms with Gasteiger partial charge in [-0.05, 0) is 55.3 Å². The number of aryl methyl sites for hydroxylation is 3. The number of fused-ring (bicyclic) bond motifs is 8. The number of para-hydroxylation sites is 1. The van der Waals surface area contributed by atoms with Gasteiger partial charge < -0.3 is 0 Å². The van der Waals surface area contributed by atoms with Gasteiger partial charge in [0.15, 0.2) is 0 Å². The van der Waals surface area contributed by atoms with E-state index in [1.54, 1.807) is 0 Å². The van der Waals surface area contributed by atoms with Gasteiger partial charge in [0, 0.05) is 21.9 Å². The van der Waals surface area contributed by atoms with Crippen LogP contribution in [0.25, 0.3) is 49.1 Å². The Morgan fingerprint density at radius 1 is 0.714 bits per heavy atom. The van der Waals surface area contributed by atoms with Gasteiger partial charge in [-0.2, -0.15) is 0 Å². The number of benzene rings is 3. The highest BCUT2D eigenvalue weighted by atomic mass is 15.0. The molecule has 3 aromatic carbocycles. The number of hydrogen-bond acceptors (Lipinski definition) is 2. The molecule has 0 aliphatic carbocycles. The van der Waals surface area contributed by atoms with E-state index in [1.807, 2.05) is 6.07 Å². The van der Waals surface area contributed by atoms with Gasteiger partial charge in [-0.15, -0.1) is 0 Å². The largest absolute Gasteiger partial charge is 0.296 e. The van der Waals surface area contributed by atoms with Crippen molar-refractivity contribution in [1.29, 1.82) is 0 Å². The van der Waals surface area contributed by atoms with E-state index in [0.717, 1.165) is 33.1 Å². The van der Waals surface area contributed by atoms with E-state index in [2.05, 4.69) is 79.8 Å². The molecule has 0 saturated heterocycles.